The number of aromatic carboxylic acids is 1. The van der Waals surface area contributed by atoms with E-state index in [1.807, 2.05) is 12.1 Å². The lowest BCUT2D eigenvalue weighted by Crippen LogP contribution is -2.00. The molecule has 0 fully saturated rings. The molecule has 0 amide bonds. The number of hydrogen-bond donors (Lipinski definition) is 1. The third kappa shape index (κ3) is 3.50. The molecule has 0 saturated heterocycles. The van der Waals surface area contributed by atoms with Crippen molar-refractivity contribution in [1.82, 2.24) is 0 Å². The highest BCUT2D eigenvalue weighted by molar-refractivity contribution is 6.30. The van der Waals surface area contributed by atoms with Gasteiger partial charge in [0.2, 0.25) is 0 Å². The van der Waals surface area contributed by atoms with Crippen LogP contribution in [0, 0.1) is 0 Å². The van der Waals surface area contributed by atoms with E-state index in [9.17, 15) is 4.79 Å². The number of carboxylic acid groups (broad SMARTS) is 1. The molecule has 0 aliphatic carbocycles. The van der Waals surface area contributed by atoms with Crippen molar-refractivity contribution >= 4 is 17.6 Å². The van der Waals surface area contributed by atoms with Gasteiger partial charge in [0.05, 0.1) is 6.61 Å². The summed E-state index contributed by atoms with van der Waals surface area (Å²) >= 11 is 5.88. The Morgan fingerprint density at radius 3 is 2.75 bits per heavy atom. The summed E-state index contributed by atoms with van der Waals surface area (Å²) in [6, 6.07) is 11.6. The molecule has 0 atom stereocenters. The lowest BCUT2D eigenvalue weighted by molar-refractivity contribution is 0.0694. The van der Waals surface area contributed by atoms with E-state index < -0.39 is 5.97 Å². The van der Waals surface area contributed by atoms with E-state index in [1.165, 1.54) is 18.2 Å². The summed E-state index contributed by atoms with van der Waals surface area (Å²) in [4.78, 5) is 11.1. The Morgan fingerprint density at radius 2 is 2.05 bits per heavy atom. The minimum Gasteiger partial charge on any atom is -0.478 e. The lowest BCUT2D eigenvalue weighted by Gasteiger charge is -2.10. The highest BCUT2D eigenvalue weighted by atomic mass is 35.5. The molecule has 0 heterocycles. The van der Waals surface area contributed by atoms with Crippen molar-refractivity contribution in [3.05, 3.63) is 58.6 Å². The van der Waals surface area contributed by atoms with Crippen LogP contribution in [0.15, 0.2) is 42.5 Å². The van der Waals surface area contributed by atoms with Crippen LogP contribution in [0.25, 0.3) is 0 Å². The fraction of sp³-hybridized carbons (Fsp3) is 0.133. The predicted molar refractivity (Wildman–Crippen MR) is 75.6 cm³/mol. The normalized spacial score (nSPS) is 10.3. The van der Waals surface area contributed by atoms with Gasteiger partial charge in [0, 0.05) is 18.2 Å². The van der Waals surface area contributed by atoms with Gasteiger partial charge in [-0.25, -0.2) is 4.79 Å². The van der Waals surface area contributed by atoms with Crippen LogP contribution in [-0.2, 0) is 11.3 Å². The van der Waals surface area contributed by atoms with Crippen molar-refractivity contribution in [2.24, 2.45) is 0 Å². The van der Waals surface area contributed by atoms with Gasteiger partial charge in [-0.2, -0.15) is 0 Å². The third-order valence-electron chi connectivity index (χ3n) is 2.61. The fourth-order valence-corrected chi connectivity index (χ4v) is 1.91. The van der Waals surface area contributed by atoms with Gasteiger partial charge < -0.3 is 14.6 Å². The lowest BCUT2D eigenvalue weighted by atomic mass is 10.2. The zero-order chi connectivity index (χ0) is 14.5. The Morgan fingerprint density at radius 1 is 1.25 bits per heavy atom. The quantitative estimate of drug-likeness (QED) is 0.905. The first kappa shape index (κ1) is 14.4. The molecule has 1 N–H and O–H groups in total. The van der Waals surface area contributed by atoms with Crippen molar-refractivity contribution in [1.29, 1.82) is 0 Å². The molecule has 4 nitrogen and oxygen atoms in total. The number of methoxy groups -OCH3 is 1. The number of benzene rings is 2. The van der Waals surface area contributed by atoms with Crippen molar-refractivity contribution < 1.29 is 19.4 Å². The van der Waals surface area contributed by atoms with Crippen molar-refractivity contribution in [3.63, 3.8) is 0 Å². The molecule has 2 aromatic rings. The van der Waals surface area contributed by atoms with Gasteiger partial charge in [-0.05, 0) is 29.8 Å². The molecule has 0 bridgehead atoms. The van der Waals surface area contributed by atoms with Crippen LogP contribution < -0.4 is 4.74 Å². The minimum absolute atomic E-state index is 0.0616. The van der Waals surface area contributed by atoms with E-state index in [2.05, 4.69) is 0 Å². The Bertz CT molecular complexity index is 625. The second-order valence-electron chi connectivity index (χ2n) is 4.13. The highest BCUT2D eigenvalue weighted by Crippen LogP contribution is 2.29. The standard InChI is InChI=1S/C15H13ClO4/c1-19-9-10-3-2-4-12(7-10)20-14-8-11(16)5-6-13(14)15(17)18/h2-8H,9H2,1H3,(H,17,18). The van der Waals surface area contributed by atoms with Crippen LogP contribution in [0.5, 0.6) is 11.5 Å². The van der Waals surface area contributed by atoms with Gasteiger partial charge in [0.15, 0.2) is 0 Å². The summed E-state index contributed by atoms with van der Waals surface area (Å²) in [5.41, 5.74) is 0.996. The molecule has 0 radical (unpaired) electrons. The molecule has 0 aromatic heterocycles. The van der Waals surface area contributed by atoms with E-state index in [1.54, 1.807) is 19.2 Å². The zero-order valence-corrected chi connectivity index (χ0v) is 11.6. The van der Waals surface area contributed by atoms with Gasteiger partial charge in [0.1, 0.15) is 17.1 Å². The number of halogens is 1. The maximum atomic E-state index is 11.1. The van der Waals surface area contributed by atoms with Gasteiger partial charge in [-0.1, -0.05) is 23.7 Å². The molecule has 0 aliphatic rings. The summed E-state index contributed by atoms with van der Waals surface area (Å²) in [5, 5.41) is 9.55. The number of hydrogen-bond acceptors (Lipinski definition) is 3. The monoisotopic (exact) mass is 292 g/mol. The Balaban J connectivity index is 2.31. The topological polar surface area (TPSA) is 55.8 Å². The second kappa shape index (κ2) is 6.41. The number of ether oxygens (including phenoxy) is 2. The molecular weight excluding hydrogens is 280 g/mol. The zero-order valence-electron chi connectivity index (χ0n) is 10.8. The van der Waals surface area contributed by atoms with Crippen LogP contribution in [0.3, 0.4) is 0 Å². The molecular formula is C15H13ClO4. The van der Waals surface area contributed by atoms with Crippen molar-refractivity contribution in [3.8, 4) is 11.5 Å². The SMILES string of the molecule is COCc1cccc(Oc2cc(Cl)ccc2C(=O)O)c1. The van der Waals surface area contributed by atoms with E-state index in [4.69, 9.17) is 26.2 Å². The average molecular weight is 293 g/mol. The maximum absolute atomic E-state index is 11.1. The third-order valence-corrected chi connectivity index (χ3v) is 2.85. The molecule has 5 heteroatoms. The van der Waals surface area contributed by atoms with Gasteiger partial charge >= 0.3 is 5.97 Å². The van der Waals surface area contributed by atoms with Gasteiger partial charge in [-0.3, -0.25) is 0 Å². The van der Waals surface area contributed by atoms with Crippen LogP contribution in [0.2, 0.25) is 5.02 Å². The Labute approximate surface area is 121 Å². The smallest absolute Gasteiger partial charge is 0.339 e. The molecule has 0 aliphatic heterocycles. The number of carbonyl (C=O) groups is 1. The molecule has 20 heavy (non-hydrogen) atoms. The Kier molecular flexibility index (Phi) is 4.61. The molecule has 2 aromatic carbocycles. The summed E-state index contributed by atoms with van der Waals surface area (Å²) in [7, 11) is 1.60. The molecule has 104 valence electrons. The largest absolute Gasteiger partial charge is 0.478 e. The summed E-state index contributed by atoms with van der Waals surface area (Å²) in [5.74, 6) is -0.325. The molecule has 0 spiro atoms. The van der Waals surface area contributed by atoms with Gasteiger partial charge in [-0.15, -0.1) is 0 Å². The minimum atomic E-state index is -1.07. The van der Waals surface area contributed by atoms with Crippen LogP contribution in [-0.4, -0.2) is 18.2 Å². The van der Waals surface area contributed by atoms with Crippen LogP contribution in [0.1, 0.15) is 15.9 Å². The first-order chi connectivity index (χ1) is 9.60. The Hall–Kier alpha value is -2.04. The maximum Gasteiger partial charge on any atom is 0.339 e. The first-order valence-corrected chi connectivity index (χ1v) is 6.26. The van der Waals surface area contributed by atoms with E-state index in [0.717, 1.165) is 5.56 Å². The predicted octanol–water partition coefficient (Wildman–Crippen LogP) is 3.98. The van der Waals surface area contributed by atoms with Crippen molar-refractivity contribution in [2.75, 3.05) is 7.11 Å². The van der Waals surface area contributed by atoms with Crippen LogP contribution >= 0.6 is 11.6 Å². The average Bonchev–Trinajstić information content (AvgIpc) is 2.39. The molecule has 2 rings (SSSR count). The number of rotatable bonds is 5. The first-order valence-electron chi connectivity index (χ1n) is 5.88. The summed E-state index contributed by atoms with van der Waals surface area (Å²) in [6.07, 6.45) is 0. The van der Waals surface area contributed by atoms with E-state index in [0.29, 0.717) is 17.4 Å². The van der Waals surface area contributed by atoms with E-state index in [-0.39, 0.29) is 11.3 Å². The van der Waals surface area contributed by atoms with E-state index >= 15 is 0 Å². The number of carboxylic acids is 1. The summed E-state index contributed by atoms with van der Waals surface area (Å²) in [6.45, 7) is 0.457. The van der Waals surface area contributed by atoms with Gasteiger partial charge in [0.25, 0.3) is 0 Å². The highest BCUT2D eigenvalue weighted by Gasteiger charge is 2.12. The fourth-order valence-electron chi connectivity index (χ4n) is 1.75. The van der Waals surface area contributed by atoms with Crippen LogP contribution in [0.4, 0.5) is 0 Å². The summed E-state index contributed by atoms with van der Waals surface area (Å²) < 4.78 is 10.7. The molecule has 0 unspecified atom stereocenters. The van der Waals surface area contributed by atoms with Crippen molar-refractivity contribution in [2.45, 2.75) is 6.61 Å². The molecule has 0 saturated carbocycles. The second-order valence-corrected chi connectivity index (χ2v) is 4.56.